The van der Waals surface area contributed by atoms with Crippen molar-refractivity contribution in [1.29, 1.82) is 0 Å². The highest BCUT2D eigenvalue weighted by atomic mass is 16.5. The Morgan fingerprint density at radius 3 is 2.46 bits per heavy atom. The Labute approximate surface area is 280 Å². The molecule has 0 aromatic carbocycles. The molecule has 10 atom stereocenters. The van der Waals surface area contributed by atoms with Gasteiger partial charge in [0.1, 0.15) is 6.10 Å². The number of amides is 1. The summed E-state index contributed by atoms with van der Waals surface area (Å²) in [5.74, 6) is 4.99. The average Bonchev–Trinajstić information content (AvgIpc) is 3.58. The summed E-state index contributed by atoms with van der Waals surface area (Å²) in [4.78, 5) is 26.9. The number of fused-ring (bicyclic) bond motifs is 5. The van der Waals surface area contributed by atoms with Crippen LogP contribution in [0.1, 0.15) is 150 Å². The fourth-order valence-electron chi connectivity index (χ4n) is 11.4. The third-order valence-corrected chi connectivity index (χ3v) is 14.0. The number of β-amino-alcohol motifs (C(OH)–C–C–N with tert-alkyl or cyclic N) is 1. The summed E-state index contributed by atoms with van der Waals surface area (Å²) in [6, 6.07) is -0.252. The first kappa shape index (κ1) is 35.9. The van der Waals surface area contributed by atoms with E-state index in [9.17, 15) is 19.8 Å². The van der Waals surface area contributed by atoms with Gasteiger partial charge in [-0.1, -0.05) is 78.4 Å². The predicted octanol–water partition coefficient (Wildman–Crippen LogP) is 8.23. The van der Waals surface area contributed by atoms with Gasteiger partial charge in [0, 0.05) is 25.8 Å². The van der Waals surface area contributed by atoms with Crippen LogP contribution in [0.15, 0.2) is 11.6 Å². The number of carbonyl (C=O) groups excluding carboxylic acids is 2. The van der Waals surface area contributed by atoms with E-state index in [1.54, 1.807) is 10.5 Å². The largest absolute Gasteiger partial charge is 0.462 e. The molecule has 6 nitrogen and oxygen atoms in total. The molecule has 4 aliphatic carbocycles. The first-order valence-corrected chi connectivity index (χ1v) is 19.4. The lowest BCUT2D eigenvalue weighted by molar-refractivity contribution is -0.151. The Morgan fingerprint density at radius 1 is 0.957 bits per heavy atom. The van der Waals surface area contributed by atoms with Crippen LogP contribution in [0.4, 0.5) is 0 Å². The molecule has 0 spiro atoms. The molecule has 5 rings (SSSR count). The Balaban J connectivity index is 1.04. The summed E-state index contributed by atoms with van der Waals surface area (Å²) in [6.45, 7) is 12.7. The molecule has 1 amide bonds. The maximum absolute atomic E-state index is 12.8. The summed E-state index contributed by atoms with van der Waals surface area (Å²) in [5.41, 5.74) is 2.37. The number of aliphatic hydroxyl groups is 2. The number of esters is 1. The van der Waals surface area contributed by atoms with Crippen molar-refractivity contribution < 1.29 is 24.5 Å². The van der Waals surface area contributed by atoms with Crippen molar-refractivity contribution in [3.63, 3.8) is 0 Å². The van der Waals surface area contributed by atoms with Crippen LogP contribution in [0, 0.1) is 46.3 Å². The van der Waals surface area contributed by atoms with E-state index in [4.69, 9.17) is 4.74 Å². The van der Waals surface area contributed by atoms with Crippen LogP contribution < -0.4 is 0 Å². The van der Waals surface area contributed by atoms with Crippen molar-refractivity contribution in [2.75, 3.05) is 13.2 Å². The summed E-state index contributed by atoms with van der Waals surface area (Å²) < 4.78 is 6.05. The van der Waals surface area contributed by atoms with Gasteiger partial charge in [-0.2, -0.15) is 0 Å². The molecule has 5 aliphatic rings. The van der Waals surface area contributed by atoms with Crippen LogP contribution in [-0.2, 0) is 14.3 Å². The molecule has 46 heavy (non-hydrogen) atoms. The fraction of sp³-hybridized carbons (Fsp3) is 0.900. The highest BCUT2D eigenvalue weighted by Crippen LogP contribution is 2.67. The number of allylic oxidation sites excluding steroid dienone is 1. The second-order valence-electron chi connectivity index (χ2n) is 17.3. The molecule has 6 heteroatoms. The Bertz CT molecular complexity index is 1070. The predicted molar refractivity (Wildman–Crippen MR) is 184 cm³/mol. The van der Waals surface area contributed by atoms with Crippen LogP contribution in [0.25, 0.3) is 0 Å². The molecular weight excluding hydrogens is 574 g/mol. The van der Waals surface area contributed by atoms with Crippen LogP contribution in [0.5, 0.6) is 0 Å². The molecule has 0 aromatic rings. The molecule has 1 aliphatic heterocycles. The number of carbonyl (C=O) groups is 2. The van der Waals surface area contributed by atoms with Gasteiger partial charge in [-0.15, -0.1) is 0 Å². The highest BCUT2D eigenvalue weighted by molar-refractivity contribution is 5.77. The molecule has 0 aromatic heterocycles. The third kappa shape index (κ3) is 7.74. The van der Waals surface area contributed by atoms with Gasteiger partial charge in [0.15, 0.2) is 0 Å². The van der Waals surface area contributed by atoms with Crippen LogP contribution in [0.2, 0.25) is 0 Å². The van der Waals surface area contributed by atoms with Gasteiger partial charge >= 0.3 is 5.97 Å². The van der Waals surface area contributed by atoms with E-state index in [1.165, 1.54) is 51.4 Å². The summed E-state index contributed by atoms with van der Waals surface area (Å²) in [6.07, 6.45) is 20.9. The van der Waals surface area contributed by atoms with Gasteiger partial charge in [0.05, 0.1) is 18.8 Å². The highest BCUT2D eigenvalue weighted by Gasteiger charge is 2.59. The lowest BCUT2D eigenvalue weighted by atomic mass is 9.47. The van der Waals surface area contributed by atoms with Crippen LogP contribution >= 0.6 is 0 Å². The second-order valence-corrected chi connectivity index (χ2v) is 17.3. The van der Waals surface area contributed by atoms with Crippen LogP contribution in [0.3, 0.4) is 0 Å². The number of hydrogen-bond acceptors (Lipinski definition) is 5. The Morgan fingerprint density at radius 2 is 1.72 bits per heavy atom. The number of ether oxygens (including phenoxy) is 1. The minimum atomic E-state index is -0.530. The van der Waals surface area contributed by atoms with Gasteiger partial charge in [-0.3, -0.25) is 9.59 Å². The third-order valence-electron chi connectivity index (χ3n) is 14.0. The zero-order valence-corrected chi connectivity index (χ0v) is 30.0. The fourth-order valence-corrected chi connectivity index (χ4v) is 11.4. The zero-order valence-electron chi connectivity index (χ0n) is 30.0. The summed E-state index contributed by atoms with van der Waals surface area (Å²) in [5, 5.41) is 19.3. The molecule has 3 saturated carbocycles. The van der Waals surface area contributed by atoms with Gasteiger partial charge in [0.2, 0.25) is 5.91 Å². The smallest absolute Gasteiger partial charge is 0.306 e. The minimum Gasteiger partial charge on any atom is -0.462 e. The Hall–Kier alpha value is -1.40. The quantitative estimate of drug-likeness (QED) is 0.113. The first-order valence-electron chi connectivity index (χ1n) is 19.4. The van der Waals surface area contributed by atoms with E-state index in [0.29, 0.717) is 31.2 Å². The van der Waals surface area contributed by atoms with E-state index < -0.39 is 6.10 Å². The molecule has 262 valence electrons. The lowest BCUT2D eigenvalue weighted by Gasteiger charge is -2.58. The molecule has 4 fully saturated rings. The minimum absolute atomic E-state index is 0.0134. The number of nitrogens with zero attached hydrogens (tertiary/aromatic N) is 1. The lowest BCUT2D eigenvalue weighted by Crippen LogP contribution is -2.51. The number of unbranched alkanes of at least 4 members (excludes halogenated alkanes) is 3. The SMILES string of the molecule is CC(C)CCC[C@@H](C)[C@H]1CCC2C3CC=C4C[C@@H](OC(=O)CCCCCCC(=O)N5CC(O)C[C@H]5CO)CC[C@]4(C)C3CC[C@@]21C. The van der Waals surface area contributed by atoms with Crippen LogP contribution in [-0.4, -0.2) is 58.4 Å². The van der Waals surface area contributed by atoms with Gasteiger partial charge in [0.25, 0.3) is 0 Å². The maximum Gasteiger partial charge on any atom is 0.306 e. The van der Waals surface area contributed by atoms with E-state index in [1.807, 2.05) is 0 Å². The number of aliphatic hydroxyl groups excluding tert-OH is 2. The topological polar surface area (TPSA) is 87.1 Å². The maximum atomic E-state index is 12.8. The van der Waals surface area contributed by atoms with Gasteiger partial charge < -0.3 is 19.8 Å². The standard InChI is InChI=1S/C40H67NO5/c1-27(2)11-10-12-28(3)34-17-18-35-33-16-15-29-23-32(19-21-39(29,4)36(33)20-22-40(34,35)5)46-38(45)14-9-7-6-8-13-37(44)41-25-31(43)24-30(41)26-42/h15,27-28,30-36,42-43H,6-14,16-26H2,1-5H3/t28-,30+,31?,32+,33?,34-,35?,36?,39+,40-/m1/s1. The van der Waals surface area contributed by atoms with Gasteiger partial charge in [-0.05, 0) is 111 Å². The first-order chi connectivity index (χ1) is 22.0. The number of hydrogen-bond donors (Lipinski definition) is 2. The monoisotopic (exact) mass is 642 g/mol. The Kier molecular flexibility index (Phi) is 12.0. The van der Waals surface area contributed by atoms with Crippen molar-refractivity contribution in [3.8, 4) is 0 Å². The van der Waals surface area contributed by atoms with Crippen molar-refractivity contribution in [1.82, 2.24) is 4.90 Å². The van der Waals surface area contributed by atoms with Crippen molar-refractivity contribution >= 4 is 11.9 Å². The van der Waals surface area contributed by atoms with Gasteiger partial charge in [-0.25, -0.2) is 0 Å². The van der Waals surface area contributed by atoms with Crippen molar-refractivity contribution in [3.05, 3.63) is 11.6 Å². The summed E-state index contributed by atoms with van der Waals surface area (Å²) >= 11 is 0. The van der Waals surface area contributed by atoms with E-state index >= 15 is 0 Å². The van der Waals surface area contributed by atoms with Crippen molar-refractivity contribution in [2.45, 2.75) is 168 Å². The number of likely N-dealkylation sites (tertiary alicyclic amines) is 1. The summed E-state index contributed by atoms with van der Waals surface area (Å²) in [7, 11) is 0. The van der Waals surface area contributed by atoms with E-state index in [-0.39, 0.29) is 36.0 Å². The molecule has 4 unspecified atom stereocenters. The molecule has 0 bridgehead atoms. The van der Waals surface area contributed by atoms with E-state index in [2.05, 4.69) is 40.7 Å². The molecule has 2 N–H and O–H groups in total. The molecule has 1 saturated heterocycles. The van der Waals surface area contributed by atoms with Crippen molar-refractivity contribution in [2.24, 2.45) is 46.3 Å². The zero-order chi connectivity index (χ0) is 33.1. The molecule has 0 radical (unpaired) electrons. The van der Waals surface area contributed by atoms with E-state index in [0.717, 1.165) is 80.5 Å². The average molecular weight is 642 g/mol. The molecular formula is C40H67NO5. The molecule has 1 heterocycles. The second kappa shape index (κ2) is 15.4. The normalized spacial score (nSPS) is 37.8. The number of rotatable bonds is 14.